The molecule has 0 amide bonds. The van der Waals surface area contributed by atoms with E-state index in [0.29, 0.717) is 12.2 Å². The first-order chi connectivity index (χ1) is 8.95. The molecule has 0 heterocycles. The van der Waals surface area contributed by atoms with Crippen LogP contribution >= 0.6 is 11.1 Å². The standard InChI is InChI=1S/C15H29ClO2Si/c1-5-11-19(16,12-6-2)13-9-7-8-10-18-15(17)14(3)4/h3,5-13H2,1-2,4H3. The van der Waals surface area contributed by atoms with Crippen LogP contribution in [0.1, 0.15) is 52.9 Å². The zero-order chi connectivity index (χ0) is 14.7. The van der Waals surface area contributed by atoms with E-state index in [1.807, 2.05) is 0 Å². The maximum absolute atomic E-state index is 11.2. The molecule has 0 unspecified atom stereocenters. The maximum atomic E-state index is 11.2. The molecule has 0 aromatic rings. The highest BCUT2D eigenvalue weighted by atomic mass is 35.6. The quantitative estimate of drug-likeness (QED) is 0.171. The minimum atomic E-state index is -1.50. The van der Waals surface area contributed by atoms with Gasteiger partial charge in [0.25, 0.3) is 0 Å². The molecule has 0 saturated carbocycles. The lowest BCUT2D eigenvalue weighted by Crippen LogP contribution is -2.25. The fraction of sp³-hybridized carbons (Fsp3) is 0.800. The summed E-state index contributed by atoms with van der Waals surface area (Å²) in [5.41, 5.74) is 0.470. The molecule has 112 valence electrons. The van der Waals surface area contributed by atoms with Crippen molar-refractivity contribution >= 4 is 24.4 Å². The fourth-order valence-electron chi connectivity index (χ4n) is 2.28. The van der Waals surface area contributed by atoms with Crippen LogP contribution in [0.4, 0.5) is 0 Å². The Morgan fingerprint density at radius 1 is 1.11 bits per heavy atom. The fourth-order valence-corrected chi connectivity index (χ4v) is 7.24. The Hall–Kier alpha value is -0.283. The van der Waals surface area contributed by atoms with Gasteiger partial charge in [-0.05, 0) is 31.5 Å². The zero-order valence-electron chi connectivity index (χ0n) is 12.8. The molecule has 4 heteroatoms. The molecule has 0 aliphatic carbocycles. The number of carbonyl (C=O) groups is 1. The summed E-state index contributed by atoms with van der Waals surface area (Å²) in [5.74, 6) is -0.280. The predicted molar refractivity (Wildman–Crippen MR) is 86.2 cm³/mol. The summed E-state index contributed by atoms with van der Waals surface area (Å²) in [4.78, 5) is 11.2. The first kappa shape index (κ1) is 18.7. The summed E-state index contributed by atoms with van der Waals surface area (Å²) < 4.78 is 5.07. The summed E-state index contributed by atoms with van der Waals surface area (Å²) in [5, 5.41) is 0. The lowest BCUT2D eigenvalue weighted by atomic mass is 10.3. The molecule has 0 aromatic carbocycles. The monoisotopic (exact) mass is 304 g/mol. The third kappa shape index (κ3) is 9.28. The van der Waals surface area contributed by atoms with Gasteiger partial charge >= 0.3 is 5.97 Å². The van der Waals surface area contributed by atoms with Gasteiger partial charge in [0.15, 0.2) is 7.38 Å². The lowest BCUT2D eigenvalue weighted by molar-refractivity contribution is -0.139. The van der Waals surface area contributed by atoms with E-state index in [9.17, 15) is 4.79 Å². The summed E-state index contributed by atoms with van der Waals surface area (Å²) in [6.07, 6.45) is 5.59. The van der Waals surface area contributed by atoms with Crippen molar-refractivity contribution in [2.24, 2.45) is 0 Å². The highest BCUT2D eigenvalue weighted by molar-refractivity contribution is 7.20. The highest BCUT2D eigenvalue weighted by Crippen LogP contribution is 2.30. The Balaban J connectivity index is 3.71. The lowest BCUT2D eigenvalue weighted by Gasteiger charge is -2.23. The average Bonchev–Trinajstić information content (AvgIpc) is 2.33. The van der Waals surface area contributed by atoms with Gasteiger partial charge in [-0.2, -0.15) is 11.1 Å². The number of hydrogen-bond acceptors (Lipinski definition) is 2. The molecule has 0 aliphatic rings. The van der Waals surface area contributed by atoms with E-state index in [1.165, 1.54) is 37.4 Å². The van der Waals surface area contributed by atoms with Crippen LogP contribution in [-0.2, 0) is 9.53 Å². The summed E-state index contributed by atoms with van der Waals surface area (Å²) in [7, 11) is -1.50. The number of unbranched alkanes of at least 4 members (excludes halogenated alkanes) is 2. The number of carbonyl (C=O) groups excluding carboxylic acids is 1. The van der Waals surface area contributed by atoms with Crippen LogP contribution in [-0.4, -0.2) is 20.0 Å². The minimum Gasteiger partial charge on any atom is -0.462 e. The van der Waals surface area contributed by atoms with Crippen LogP contribution in [0.5, 0.6) is 0 Å². The first-order valence-corrected chi connectivity index (χ1v) is 11.1. The van der Waals surface area contributed by atoms with E-state index < -0.39 is 7.38 Å². The zero-order valence-corrected chi connectivity index (χ0v) is 14.5. The summed E-state index contributed by atoms with van der Waals surface area (Å²) >= 11 is 6.79. The molecule has 0 radical (unpaired) electrons. The van der Waals surface area contributed by atoms with E-state index in [2.05, 4.69) is 20.4 Å². The molecule has 0 spiro atoms. The molecule has 0 atom stereocenters. The molecule has 0 bridgehead atoms. The highest BCUT2D eigenvalue weighted by Gasteiger charge is 2.27. The molecule has 19 heavy (non-hydrogen) atoms. The van der Waals surface area contributed by atoms with Crippen molar-refractivity contribution in [3.05, 3.63) is 12.2 Å². The van der Waals surface area contributed by atoms with Gasteiger partial charge in [0.05, 0.1) is 6.61 Å². The predicted octanol–water partition coefficient (Wildman–Crippen LogP) is 5.28. The van der Waals surface area contributed by atoms with Crippen LogP contribution < -0.4 is 0 Å². The second-order valence-electron chi connectivity index (χ2n) is 5.38. The molecule has 0 rings (SSSR count). The smallest absolute Gasteiger partial charge is 0.333 e. The Morgan fingerprint density at radius 3 is 2.16 bits per heavy atom. The van der Waals surface area contributed by atoms with Gasteiger partial charge in [0, 0.05) is 5.57 Å². The van der Waals surface area contributed by atoms with Crippen LogP contribution in [0.2, 0.25) is 18.1 Å². The number of rotatable bonds is 11. The molecular weight excluding hydrogens is 276 g/mol. The molecule has 0 N–H and O–H groups in total. The van der Waals surface area contributed by atoms with Crippen LogP contribution in [0, 0.1) is 0 Å². The van der Waals surface area contributed by atoms with E-state index in [4.69, 9.17) is 15.8 Å². The van der Waals surface area contributed by atoms with Gasteiger partial charge in [-0.15, -0.1) is 0 Å². The number of ether oxygens (including phenoxy) is 1. The summed E-state index contributed by atoms with van der Waals surface area (Å²) in [6.45, 7) is 10.2. The van der Waals surface area contributed by atoms with Gasteiger partial charge < -0.3 is 4.74 Å². The molecule has 0 fully saturated rings. The number of halogens is 1. The molecule has 0 saturated heterocycles. The Labute approximate surface area is 124 Å². The van der Waals surface area contributed by atoms with E-state index in [0.717, 1.165) is 12.8 Å². The van der Waals surface area contributed by atoms with Crippen molar-refractivity contribution in [2.75, 3.05) is 6.61 Å². The second-order valence-corrected chi connectivity index (χ2v) is 11.6. The molecule has 2 nitrogen and oxygen atoms in total. The third-order valence-corrected chi connectivity index (χ3v) is 8.99. The second kappa shape index (κ2) is 10.5. The van der Waals surface area contributed by atoms with Crippen molar-refractivity contribution in [2.45, 2.75) is 71.0 Å². The van der Waals surface area contributed by atoms with Crippen molar-refractivity contribution in [1.82, 2.24) is 0 Å². The van der Waals surface area contributed by atoms with Gasteiger partial charge in [-0.25, -0.2) is 4.79 Å². The van der Waals surface area contributed by atoms with Gasteiger partial charge in [-0.3, -0.25) is 0 Å². The Morgan fingerprint density at radius 2 is 1.68 bits per heavy atom. The van der Waals surface area contributed by atoms with E-state index >= 15 is 0 Å². The Bertz CT molecular complexity index is 273. The van der Waals surface area contributed by atoms with Crippen molar-refractivity contribution in [3.63, 3.8) is 0 Å². The van der Waals surface area contributed by atoms with Gasteiger partial charge in [0.2, 0.25) is 0 Å². The summed E-state index contributed by atoms with van der Waals surface area (Å²) in [6, 6.07) is 3.66. The number of hydrogen-bond donors (Lipinski definition) is 0. The van der Waals surface area contributed by atoms with Crippen LogP contribution in [0.15, 0.2) is 12.2 Å². The largest absolute Gasteiger partial charge is 0.462 e. The normalized spacial score (nSPS) is 11.4. The van der Waals surface area contributed by atoms with Gasteiger partial charge in [0.1, 0.15) is 0 Å². The van der Waals surface area contributed by atoms with Crippen LogP contribution in [0.3, 0.4) is 0 Å². The van der Waals surface area contributed by atoms with Crippen molar-refractivity contribution < 1.29 is 9.53 Å². The van der Waals surface area contributed by atoms with E-state index in [-0.39, 0.29) is 5.97 Å². The third-order valence-electron chi connectivity index (χ3n) is 3.25. The Kier molecular flexibility index (Phi) is 10.3. The van der Waals surface area contributed by atoms with Crippen LogP contribution in [0.25, 0.3) is 0 Å². The molecular formula is C15H29ClO2Si. The number of esters is 1. The SMILES string of the molecule is C=C(C)C(=O)OCCCCC[Si](Cl)(CCC)CCC. The van der Waals surface area contributed by atoms with Crippen molar-refractivity contribution in [3.8, 4) is 0 Å². The molecule has 0 aromatic heterocycles. The topological polar surface area (TPSA) is 26.3 Å². The van der Waals surface area contributed by atoms with Gasteiger partial charge in [-0.1, -0.05) is 46.1 Å². The first-order valence-electron chi connectivity index (χ1n) is 7.46. The van der Waals surface area contributed by atoms with E-state index in [1.54, 1.807) is 6.92 Å². The molecule has 0 aliphatic heterocycles. The average molecular weight is 305 g/mol. The van der Waals surface area contributed by atoms with Crippen molar-refractivity contribution in [1.29, 1.82) is 0 Å². The minimum absolute atomic E-state index is 0.280. The maximum Gasteiger partial charge on any atom is 0.333 e.